The van der Waals surface area contributed by atoms with Crippen molar-refractivity contribution in [2.75, 3.05) is 32.7 Å². The van der Waals surface area contributed by atoms with Gasteiger partial charge in [0.15, 0.2) is 0 Å². The van der Waals surface area contributed by atoms with E-state index in [1.54, 1.807) is 0 Å². The molecule has 0 aromatic heterocycles. The van der Waals surface area contributed by atoms with E-state index in [1.807, 2.05) is 0 Å². The van der Waals surface area contributed by atoms with E-state index in [2.05, 4.69) is 9.80 Å². The Bertz CT molecular complexity index is 243. The number of fused-ring (bicyclic) bond motifs is 1. The summed E-state index contributed by atoms with van der Waals surface area (Å²) in [5.41, 5.74) is 5.78. The highest BCUT2D eigenvalue weighted by atomic mass is 15.2. The Kier molecular flexibility index (Phi) is 3.18. The molecule has 0 radical (unpaired) electrons. The van der Waals surface area contributed by atoms with Crippen LogP contribution in [0.2, 0.25) is 0 Å². The quantitative estimate of drug-likeness (QED) is 0.755. The van der Waals surface area contributed by atoms with E-state index in [0.717, 1.165) is 24.5 Å². The Morgan fingerprint density at radius 3 is 2.56 bits per heavy atom. The van der Waals surface area contributed by atoms with Gasteiger partial charge in [0.05, 0.1) is 0 Å². The summed E-state index contributed by atoms with van der Waals surface area (Å²) in [5, 5.41) is 0. The molecule has 3 atom stereocenters. The first-order valence-electron chi connectivity index (χ1n) is 7.05. The summed E-state index contributed by atoms with van der Waals surface area (Å²) in [7, 11) is 0. The van der Waals surface area contributed by atoms with Crippen LogP contribution in [0, 0.1) is 5.92 Å². The zero-order valence-electron chi connectivity index (χ0n) is 10.3. The van der Waals surface area contributed by atoms with Gasteiger partial charge in [-0.2, -0.15) is 0 Å². The van der Waals surface area contributed by atoms with Crippen molar-refractivity contribution in [1.29, 1.82) is 0 Å². The molecule has 0 spiro atoms. The molecule has 0 aliphatic carbocycles. The van der Waals surface area contributed by atoms with Gasteiger partial charge in [0.25, 0.3) is 0 Å². The van der Waals surface area contributed by atoms with Crippen molar-refractivity contribution in [1.82, 2.24) is 9.80 Å². The molecule has 2 N–H and O–H groups in total. The maximum absolute atomic E-state index is 5.78. The van der Waals surface area contributed by atoms with Crippen LogP contribution in [-0.2, 0) is 0 Å². The van der Waals surface area contributed by atoms with Gasteiger partial charge in [0.2, 0.25) is 0 Å². The minimum absolute atomic E-state index is 0.779. The number of hydrogen-bond donors (Lipinski definition) is 1. The van der Waals surface area contributed by atoms with E-state index in [9.17, 15) is 0 Å². The lowest BCUT2D eigenvalue weighted by atomic mass is 9.96. The maximum Gasteiger partial charge on any atom is 0.0122 e. The normalized spacial score (nSPS) is 41.4. The van der Waals surface area contributed by atoms with Gasteiger partial charge >= 0.3 is 0 Å². The lowest BCUT2D eigenvalue weighted by molar-refractivity contribution is 0.101. The molecule has 0 aromatic rings. The Morgan fingerprint density at radius 1 is 0.938 bits per heavy atom. The lowest BCUT2D eigenvalue weighted by Gasteiger charge is -2.39. The van der Waals surface area contributed by atoms with Gasteiger partial charge < -0.3 is 10.6 Å². The number of hydrogen-bond acceptors (Lipinski definition) is 3. The van der Waals surface area contributed by atoms with Crippen LogP contribution < -0.4 is 5.73 Å². The van der Waals surface area contributed by atoms with Gasteiger partial charge in [0.1, 0.15) is 0 Å². The molecule has 3 heteroatoms. The monoisotopic (exact) mass is 223 g/mol. The molecule has 0 saturated carbocycles. The predicted molar refractivity (Wildman–Crippen MR) is 66.4 cm³/mol. The molecule has 3 nitrogen and oxygen atoms in total. The van der Waals surface area contributed by atoms with Gasteiger partial charge in [0, 0.05) is 18.6 Å². The summed E-state index contributed by atoms with van der Waals surface area (Å²) >= 11 is 0. The molecule has 3 heterocycles. The smallest absolute Gasteiger partial charge is 0.0122 e. The summed E-state index contributed by atoms with van der Waals surface area (Å²) < 4.78 is 0. The van der Waals surface area contributed by atoms with Gasteiger partial charge in [-0.1, -0.05) is 0 Å². The average molecular weight is 223 g/mol. The van der Waals surface area contributed by atoms with E-state index in [1.165, 1.54) is 58.3 Å². The molecule has 3 saturated heterocycles. The second kappa shape index (κ2) is 4.63. The van der Waals surface area contributed by atoms with Crippen LogP contribution >= 0.6 is 0 Å². The first-order valence-corrected chi connectivity index (χ1v) is 7.05. The van der Waals surface area contributed by atoms with Crippen molar-refractivity contribution in [3.63, 3.8) is 0 Å². The van der Waals surface area contributed by atoms with E-state index < -0.39 is 0 Å². The fourth-order valence-electron chi connectivity index (χ4n) is 3.92. The van der Waals surface area contributed by atoms with Gasteiger partial charge in [-0.3, -0.25) is 4.90 Å². The van der Waals surface area contributed by atoms with Gasteiger partial charge in [-0.15, -0.1) is 0 Å². The number of likely N-dealkylation sites (tertiary alicyclic amines) is 1. The van der Waals surface area contributed by atoms with Crippen molar-refractivity contribution in [2.24, 2.45) is 11.7 Å². The molecule has 92 valence electrons. The van der Waals surface area contributed by atoms with Gasteiger partial charge in [-0.05, 0) is 64.2 Å². The molecule has 3 fully saturated rings. The third kappa shape index (κ3) is 2.01. The van der Waals surface area contributed by atoms with Crippen LogP contribution in [0.1, 0.15) is 32.1 Å². The highest BCUT2D eigenvalue weighted by molar-refractivity contribution is 4.92. The van der Waals surface area contributed by atoms with E-state index in [0.29, 0.717) is 0 Å². The minimum atomic E-state index is 0.779. The number of nitrogens with zero attached hydrogens (tertiary/aromatic N) is 2. The third-order valence-electron chi connectivity index (χ3n) is 4.96. The van der Waals surface area contributed by atoms with Crippen molar-refractivity contribution in [2.45, 2.75) is 44.2 Å². The topological polar surface area (TPSA) is 32.5 Å². The highest BCUT2D eigenvalue weighted by Gasteiger charge is 2.36. The standard InChI is InChI=1S/C13H25N3/c14-9-11-3-6-16(10-11)13-4-7-15-5-1-2-12(15)8-13/h11-13H,1-10,14H2. The van der Waals surface area contributed by atoms with Crippen LogP contribution in [0.5, 0.6) is 0 Å². The Balaban J connectivity index is 1.56. The van der Waals surface area contributed by atoms with E-state index >= 15 is 0 Å². The maximum atomic E-state index is 5.78. The first-order chi connectivity index (χ1) is 7.86. The Morgan fingerprint density at radius 2 is 1.75 bits per heavy atom. The third-order valence-corrected chi connectivity index (χ3v) is 4.96. The summed E-state index contributed by atoms with van der Waals surface area (Å²) in [5.74, 6) is 0.779. The molecular weight excluding hydrogens is 198 g/mol. The molecule has 0 bridgehead atoms. The summed E-state index contributed by atoms with van der Waals surface area (Å²) in [6.07, 6.45) is 7.04. The predicted octanol–water partition coefficient (Wildman–Crippen LogP) is 0.894. The Labute approximate surface area is 99.0 Å². The SMILES string of the molecule is NCC1CCN(C2CCN3CCCC3C2)C1. The minimum Gasteiger partial charge on any atom is -0.330 e. The van der Waals surface area contributed by atoms with Gasteiger partial charge in [-0.25, -0.2) is 0 Å². The lowest BCUT2D eigenvalue weighted by Crippen LogP contribution is -2.47. The molecular formula is C13H25N3. The molecule has 3 rings (SSSR count). The fraction of sp³-hybridized carbons (Fsp3) is 1.00. The summed E-state index contributed by atoms with van der Waals surface area (Å²) in [6.45, 7) is 6.17. The average Bonchev–Trinajstić information content (AvgIpc) is 2.96. The zero-order valence-corrected chi connectivity index (χ0v) is 10.3. The van der Waals surface area contributed by atoms with Crippen LogP contribution in [0.3, 0.4) is 0 Å². The highest BCUT2D eigenvalue weighted by Crippen LogP contribution is 2.31. The molecule has 0 aromatic carbocycles. The van der Waals surface area contributed by atoms with Crippen molar-refractivity contribution in [3.05, 3.63) is 0 Å². The molecule has 16 heavy (non-hydrogen) atoms. The van der Waals surface area contributed by atoms with Crippen molar-refractivity contribution < 1.29 is 0 Å². The molecule has 3 aliphatic heterocycles. The van der Waals surface area contributed by atoms with Crippen LogP contribution in [-0.4, -0.2) is 54.6 Å². The summed E-state index contributed by atoms with van der Waals surface area (Å²) in [4.78, 5) is 5.44. The second-order valence-corrected chi connectivity index (χ2v) is 5.90. The molecule has 3 unspecified atom stereocenters. The Hall–Kier alpha value is -0.120. The van der Waals surface area contributed by atoms with Crippen LogP contribution in [0.4, 0.5) is 0 Å². The van der Waals surface area contributed by atoms with Crippen molar-refractivity contribution in [3.8, 4) is 0 Å². The second-order valence-electron chi connectivity index (χ2n) is 5.90. The van der Waals surface area contributed by atoms with Crippen LogP contribution in [0.25, 0.3) is 0 Å². The number of rotatable bonds is 2. The number of piperidine rings is 1. The molecule has 0 amide bonds. The molecule has 3 aliphatic rings. The first kappa shape index (κ1) is 11.0. The van der Waals surface area contributed by atoms with Crippen LogP contribution in [0.15, 0.2) is 0 Å². The van der Waals surface area contributed by atoms with E-state index in [4.69, 9.17) is 5.73 Å². The van der Waals surface area contributed by atoms with E-state index in [-0.39, 0.29) is 0 Å². The van der Waals surface area contributed by atoms with Crippen molar-refractivity contribution >= 4 is 0 Å². The zero-order chi connectivity index (χ0) is 11.0. The number of nitrogens with two attached hydrogens (primary N) is 1. The summed E-state index contributed by atoms with van der Waals surface area (Å²) in [6, 6.07) is 1.78. The largest absolute Gasteiger partial charge is 0.330 e. The fourth-order valence-corrected chi connectivity index (χ4v) is 3.92.